The molecule has 0 atom stereocenters. The molecule has 2 rings (SSSR count). The van der Waals surface area contributed by atoms with E-state index in [9.17, 15) is 8.78 Å². The van der Waals surface area contributed by atoms with E-state index in [-0.39, 0.29) is 5.56 Å². The molecule has 1 aromatic heterocycles. The van der Waals surface area contributed by atoms with Crippen molar-refractivity contribution in [1.29, 1.82) is 0 Å². The zero-order valence-electron chi connectivity index (χ0n) is 9.07. The highest BCUT2D eigenvalue weighted by molar-refractivity contribution is 7.99. The van der Waals surface area contributed by atoms with Gasteiger partial charge >= 0.3 is 0 Å². The highest BCUT2D eigenvalue weighted by Crippen LogP contribution is 2.19. The molecule has 0 bridgehead atoms. The minimum atomic E-state index is -0.480. The summed E-state index contributed by atoms with van der Waals surface area (Å²) in [5.41, 5.74) is 0.149. The normalized spacial score (nSPS) is 10.5. The molecule has 0 N–H and O–H groups in total. The van der Waals surface area contributed by atoms with E-state index in [4.69, 9.17) is 0 Å². The number of hydrogen-bond acceptors (Lipinski definition) is 2. The molecular weight excluding hydrogens is 240 g/mol. The third kappa shape index (κ3) is 3.27. The Morgan fingerprint density at radius 2 is 1.76 bits per heavy atom. The summed E-state index contributed by atoms with van der Waals surface area (Å²) in [5, 5.41) is 0.865. The third-order valence-electron chi connectivity index (χ3n) is 2.30. The van der Waals surface area contributed by atoms with E-state index in [0.717, 1.165) is 5.03 Å². The van der Waals surface area contributed by atoms with E-state index < -0.39 is 11.6 Å². The van der Waals surface area contributed by atoms with Crippen molar-refractivity contribution in [3.05, 3.63) is 59.8 Å². The molecule has 2 aromatic rings. The number of hydrogen-bond donors (Lipinski definition) is 0. The summed E-state index contributed by atoms with van der Waals surface area (Å²) in [7, 11) is 0. The smallest absolute Gasteiger partial charge is 0.129 e. The van der Waals surface area contributed by atoms with Gasteiger partial charge in [0.25, 0.3) is 0 Å². The zero-order chi connectivity index (χ0) is 12.1. The molecule has 0 saturated heterocycles. The van der Waals surface area contributed by atoms with Crippen molar-refractivity contribution in [3.63, 3.8) is 0 Å². The average Bonchev–Trinajstić information content (AvgIpc) is 2.34. The summed E-state index contributed by atoms with van der Waals surface area (Å²) in [6.45, 7) is 0. The minimum absolute atomic E-state index is 0.149. The number of benzene rings is 1. The van der Waals surface area contributed by atoms with Gasteiger partial charge in [-0.3, -0.25) is 0 Å². The van der Waals surface area contributed by atoms with Gasteiger partial charge in [-0.1, -0.05) is 12.1 Å². The molecule has 0 aliphatic carbocycles. The number of aromatic nitrogens is 1. The van der Waals surface area contributed by atoms with E-state index in [1.54, 1.807) is 6.20 Å². The number of pyridine rings is 1. The molecule has 17 heavy (non-hydrogen) atoms. The van der Waals surface area contributed by atoms with Gasteiger partial charge in [0.15, 0.2) is 0 Å². The SMILES string of the molecule is Fc1cccc(F)c1CCSc1ccccn1. The van der Waals surface area contributed by atoms with Crippen molar-refractivity contribution >= 4 is 11.8 Å². The molecule has 0 aliphatic heterocycles. The quantitative estimate of drug-likeness (QED) is 0.768. The Morgan fingerprint density at radius 1 is 1.00 bits per heavy atom. The predicted octanol–water partition coefficient (Wildman–Crippen LogP) is 3.69. The summed E-state index contributed by atoms with van der Waals surface area (Å²) in [6, 6.07) is 9.54. The van der Waals surface area contributed by atoms with E-state index in [1.807, 2.05) is 18.2 Å². The second-order valence-corrected chi connectivity index (χ2v) is 4.58. The minimum Gasteiger partial charge on any atom is -0.250 e. The lowest BCUT2D eigenvalue weighted by atomic mass is 10.1. The maximum absolute atomic E-state index is 13.3. The van der Waals surface area contributed by atoms with Crippen LogP contribution in [0.3, 0.4) is 0 Å². The van der Waals surface area contributed by atoms with E-state index in [2.05, 4.69) is 4.98 Å². The number of thioether (sulfide) groups is 1. The fraction of sp³-hybridized carbons (Fsp3) is 0.154. The number of rotatable bonds is 4. The Bertz CT molecular complexity index is 468. The van der Waals surface area contributed by atoms with Gasteiger partial charge in [-0.15, -0.1) is 11.8 Å². The molecule has 0 saturated carbocycles. The summed E-state index contributed by atoms with van der Waals surface area (Å²) >= 11 is 1.49. The van der Waals surface area contributed by atoms with E-state index in [1.165, 1.54) is 30.0 Å². The van der Waals surface area contributed by atoms with Crippen molar-refractivity contribution < 1.29 is 8.78 Å². The largest absolute Gasteiger partial charge is 0.250 e. The van der Waals surface area contributed by atoms with Gasteiger partial charge in [0.1, 0.15) is 11.6 Å². The van der Waals surface area contributed by atoms with Crippen LogP contribution in [0.5, 0.6) is 0 Å². The summed E-state index contributed by atoms with van der Waals surface area (Å²) in [6.07, 6.45) is 2.06. The molecule has 0 amide bonds. The molecule has 88 valence electrons. The third-order valence-corrected chi connectivity index (χ3v) is 3.25. The molecule has 0 spiro atoms. The predicted molar refractivity (Wildman–Crippen MR) is 65.0 cm³/mol. The number of halogens is 2. The average molecular weight is 251 g/mol. The van der Waals surface area contributed by atoms with Gasteiger partial charge in [-0.2, -0.15) is 0 Å². The van der Waals surface area contributed by atoms with Crippen molar-refractivity contribution in [2.45, 2.75) is 11.4 Å². The van der Waals surface area contributed by atoms with Crippen molar-refractivity contribution in [1.82, 2.24) is 4.98 Å². The molecule has 0 aliphatic rings. The first-order chi connectivity index (χ1) is 8.27. The van der Waals surface area contributed by atoms with E-state index >= 15 is 0 Å². The fourth-order valence-electron chi connectivity index (χ4n) is 1.46. The van der Waals surface area contributed by atoms with Crippen LogP contribution >= 0.6 is 11.8 Å². The molecule has 0 fully saturated rings. The fourth-order valence-corrected chi connectivity index (χ4v) is 2.29. The topological polar surface area (TPSA) is 12.9 Å². The first-order valence-electron chi connectivity index (χ1n) is 5.24. The number of nitrogens with zero attached hydrogens (tertiary/aromatic N) is 1. The lowest BCUT2D eigenvalue weighted by molar-refractivity contribution is 0.559. The first-order valence-corrected chi connectivity index (χ1v) is 6.22. The van der Waals surface area contributed by atoms with Crippen LogP contribution in [-0.2, 0) is 6.42 Å². The monoisotopic (exact) mass is 251 g/mol. The van der Waals surface area contributed by atoms with Crippen LogP contribution in [-0.4, -0.2) is 10.7 Å². The maximum atomic E-state index is 13.3. The van der Waals surface area contributed by atoms with Crippen LogP contribution < -0.4 is 0 Å². The Morgan fingerprint density at radius 3 is 2.41 bits per heavy atom. The molecule has 0 radical (unpaired) electrons. The highest BCUT2D eigenvalue weighted by Gasteiger charge is 2.07. The zero-order valence-corrected chi connectivity index (χ0v) is 9.88. The van der Waals surface area contributed by atoms with Crippen molar-refractivity contribution in [2.75, 3.05) is 5.75 Å². The lowest BCUT2D eigenvalue weighted by Crippen LogP contribution is -1.97. The Hall–Kier alpha value is -1.42. The Balaban J connectivity index is 1.95. The maximum Gasteiger partial charge on any atom is 0.129 e. The van der Waals surface area contributed by atoms with Gasteiger partial charge in [-0.05, 0) is 30.7 Å². The molecule has 0 unspecified atom stereocenters. The van der Waals surface area contributed by atoms with Crippen LogP contribution in [0.25, 0.3) is 0 Å². The van der Waals surface area contributed by atoms with E-state index in [0.29, 0.717) is 12.2 Å². The van der Waals surface area contributed by atoms with Gasteiger partial charge < -0.3 is 0 Å². The Labute approximate surface area is 103 Å². The second-order valence-electron chi connectivity index (χ2n) is 3.47. The van der Waals surface area contributed by atoms with Crippen LogP contribution in [0.2, 0.25) is 0 Å². The van der Waals surface area contributed by atoms with Gasteiger partial charge in [-0.25, -0.2) is 13.8 Å². The van der Waals surface area contributed by atoms with Crippen LogP contribution in [0, 0.1) is 11.6 Å². The van der Waals surface area contributed by atoms with Gasteiger partial charge in [0.05, 0.1) is 5.03 Å². The van der Waals surface area contributed by atoms with Gasteiger partial charge in [0, 0.05) is 17.5 Å². The Kier molecular flexibility index (Phi) is 4.09. The van der Waals surface area contributed by atoms with Gasteiger partial charge in [0.2, 0.25) is 0 Å². The summed E-state index contributed by atoms with van der Waals surface area (Å²) < 4.78 is 26.6. The second kappa shape index (κ2) is 5.77. The summed E-state index contributed by atoms with van der Waals surface area (Å²) in [4.78, 5) is 4.13. The summed E-state index contributed by atoms with van der Waals surface area (Å²) in [5.74, 6) is -0.354. The molecular formula is C13H11F2NS. The molecule has 1 nitrogen and oxygen atoms in total. The molecule has 1 heterocycles. The highest BCUT2D eigenvalue weighted by atomic mass is 32.2. The van der Waals surface area contributed by atoms with Crippen molar-refractivity contribution in [2.24, 2.45) is 0 Å². The molecule has 1 aromatic carbocycles. The van der Waals surface area contributed by atoms with Crippen LogP contribution in [0.15, 0.2) is 47.6 Å². The van der Waals surface area contributed by atoms with Crippen molar-refractivity contribution in [3.8, 4) is 0 Å². The standard InChI is InChI=1S/C13H11F2NS/c14-11-4-3-5-12(15)10(11)7-9-17-13-6-1-2-8-16-13/h1-6,8H,7,9H2. The van der Waals surface area contributed by atoms with Crippen LogP contribution in [0.1, 0.15) is 5.56 Å². The lowest BCUT2D eigenvalue weighted by Gasteiger charge is -2.04. The first kappa shape index (κ1) is 12.0. The molecule has 4 heteroatoms. The van der Waals surface area contributed by atoms with Crippen LogP contribution in [0.4, 0.5) is 8.78 Å².